The third-order valence-electron chi connectivity index (χ3n) is 4.91. The number of aromatic nitrogens is 2. The number of pyridine rings is 1. The van der Waals surface area contributed by atoms with Gasteiger partial charge in [-0.2, -0.15) is 13.2 Å². The van der Waals surface area contributed by atoms with Crippen LogP contribution >= 0.6 is 0 Å². The first-order valence-corrected chi connectivity index (χ1v) is 11.0. The van der Waals surface area contributed by atoms with E-state index in [4.69, 9.17) is 0 Å². The lowest BCUT2D eigenvalue weighted by atomic mass is 10.2. The molecular formula is C22H15F4N3O3S. The van der Waals surface area contributed by atoms with Crippen molar-refractivity contribution in [2.75, 3.05) is 0 Å². The first-order valence-electron chi connectivity index (χ1n) is 9.47. The fourth-order valence-corrected chi connectivity index (χ4v) is 4.46. The number of benzene rings is 2. The Hall–Kier alpha value is -3.73. The largest absolute Gasteiger partial charge is 0.419 e. The van der Waals surface area contributed by atoms with Gasteiger partial charge in [-0.15, -0.1) is 0 Å². The zero-order chi connectivity index (χ0) is 23.8. The summed E-state index contributed by atoms with van der Waals surface area (Å²) in [5.41, 5.74) is 0.128. The number of hydrogen-bond donors (Lipinski definition) is 2. The van der Waals surface area contributed by atoms with Gasteiger partial charge in [0, 0.05) is 29.8 Å². The first kappa shape index (κ1) is 22.5. The second-order valence-corrected chi connectivity index (χ2v) is 9.07. The molecule has 0 fully saturated rings. The SMILES string of the molecule is O=C(NCc1ccc(S(=O)(=O)c2ccc(C(F)(F)F)c(F)c2)cc1)c1cc2cnccc2[nH]1. The topological polar surface area (TPSA) is 91.9 Å². The molecule has 0 saturated carbocycles. The number of halogens is 4. The van der Waals surface area contributed by atoms with Crippen LogP contribution < -0.4 is 5.32 Å². The van der Waals surface area contributed by atoms with Crippen LogP contribution in [0.3, 0.4) is 0 Å². The molecule has 0 spiro atoms. The van der Waals surface area contributed by atoms with Crippen LogP contribution in [0.1, 0.15) is 21.6 Å². The second kappa shape index (κ2) is 8.32. The predicted octanol–water partition coefficient (Wildman–Crippen LogP) is 4.48. The molecule has 0 atom stereocenters. The van der Waals surface area contributed by atoms with Crippen molar-refractivity contribution in [3.05, 3.63) is 89.6 Å². The summed E-state index contributed by atoms with van der Waals surface area (Å²) in [4.78, 5) is 18.5. The molecule has 33 heavy (non-hydrogen) atoms. The Morgan fingerprint density at radius 2 is 1.70 bits per heavy atom. The Morgan fingerprint density at radius 3 is 2.33 bits per heavy atom. The lowest BCUT2D eigenvalue weighted by Crippen LogP contribution is -2.23. The molecule has 2 aromatic heterocycles. The van der Waals surface area contributed by atoms with Gasteiger partial charge in [0.2, 0.25) is 9.84 Å². The molecule has 0 bridgehead atoms. The first-order chi connectivity index (χ1) is 15.6. The van der Waals surface area contributed by atoms with Crippen LogP contribution in [0.4, 0.5) is 17.6 Å². The number of nitrogens with one attached hydrogen (secondary N) is 2. The molecule has 0 radical (unpaired) electrons. The minimum absolute atomic E-state index is 0.0989. The van der Waals surface area contributed by atoms with Gasteiger partial charge < -0.3 is 10.3 Å². The number of carbonyl (C=O) groups is 1. The molecule has 2 heterocycles. The molecule has 0 saturated heterocycles. The normalized spacial score (nSPS) is 12.1. The summed E-state index contributed by atoms with van der Waals surface area (Å²) < 4.78 is 77.3. The van der Waals surface area contributed by atoms with Crippen molar-refractivity contribution in [3.63, 3.8) is 0 Å². The monoisotopic (exact) mass is 477 g/mol. The van der Waals surface area contributed by atoms with E-state index in [1.807, 2.05) is 0 Å². The van der Waals surface area contributed by atoms with Crippen LogP contribution in [0.2, 0.25) is 0 Å². The van der Waals surface area contributed by atoms with Gasteiger partial charge in [-0.25, -0.2) is 12.8 Å². The van der Waals surface area contributed by atoms with Crippen molar-refractivity contribution in [1.82, 2.24) is 15.3 Å². The Labute approximate surface area is 185 Å². The molecule has 1 amide bonds. The van der Waals surface area contributed by atoms with Crippen molar-refractivity contribution in [3.8, 4) is 0 Å². The lowest BCUT2D eigenvalue weighted by molar-refractivity contribution is -0.140. The average Bonchev–Trinajstić information content (AvgIpc) is 3.21. The van der Waals surface area contributed by atoms with Crippen molar-refractivity contribution in [2.24, 2.45) is 0 Å². The molecule has 170 valence electrons. The fraction of sp³-hybridized carbons (Fsp3) is 0.0909. The summed E-state index contributed by atoms with van der Waals surface area (Å²) in [5, 5.41) is 3.47. The standard InChI is InChI=1S/C22H15F4N3O3S/c23-18-10-16(5-6-17(18)22(24,25)26)33(31,32)15-3-1-13(2-4-15)11-28-21(30)20-9-14-12-27-8-7-19(14)29-20/h1-10,12,29H,11H2,(H,28,30). The summed E-state index contributed by atoms with van der Waals surface area (Å²) in [6.07, 6.45) is -1.72. The minimum atomic E-state index is -4.93. The highest BCUT2D eigenvalue weighted by molar-refractivity contribution is 7.91. The highest BCUT2D eigenvalue weighted by Gasteiger charge is 2.34. The highest BCUT2D eigenvalue weighted by atomic mass is 32.2. The number of H-pyrrole nitrogens is 1. The maximum absolute atomic E-state index is 13.8. The molecule has 0 aliphatic heterocycles. The van der Waals surface area contributed by atoms with Crippen molar-refractivity contribution < 1.29 is 30.8 Å². The molecule has 6 nitrogen and oxygen atoms in total. The fourth-order valence-electron chi connectivity index (χ4n) is 3.19. The molecule has 0 aliphatic rings. The van der Waals surface area contributed by atoms with E-state index >= 15 is 0 Å². The number of nitrogens with zero attached hydrogens (tertiary/aromatic N) is 1. The maximum Gasteiger partial charge on any atom is 0.419 e. The van der Waals surface area contributed by atoms with E-state index in [9.17, 15) is 30.8 Å². The number of rotatable bonds is 5. The summed E-state index contributed by atoms with van der Waals surface area (Å²) in [7, 11) is -4.24. The second-order valence-electron chi connectivity index (χ2n) is 7.12. The molecule has 0 aliphatic carbocycles. The zero-order valence-electron chi connectivity index (χ0n) is 16.7. The number of fused-ring (bicyclic) bond motifs is 1. The average molecular weight is 477 g/mol. The van der Waals surface area contributed by atoms with E-state index in [0.717, 1.165) is 10.9 Å². The highest BCUT2D eigenvalue weighted by Crippen LogP contribution is 2.33. The summed E-state index contributed by atoms with van der Waals surface area (Å²) in [6, 6.07) is 10.2. The Morgan fingerprint density at radius 1 is 1.00 bits per heavy atom. The van der Waals surface area contributed by atoms with Gasteiger partial charge in [0.05, 0.1) is 15.4 Å². The van der Waals surface area contributed by atoms with Crippen LogP contribution in [0.25, 0.3) is 10.9 Å². The number of sulfone groups is 1. The molecule has 2 aromatic carbocycles. The molecular weight excluding hydrogens is 462 g/mol. The third-order valence-corrected chi connectivity index (χ3v) is 6.68. The van der Waals surface area contributed by atoms with Gasteiger partial charge in [0.25, 0.3) is 5.91 Å². The molecule has 4 aromatic rings. The Bertz CT molecular complexity index is 1410. The minimum Gasteiger partial charge on any atom is -0.350 e. The van der Waals surface area contributed by atoms with E-state index < -0.39 is 32.3 Å². The number of hydrogen-bond acceptors (Lipinski definition) is 4. The van der Waals surface area contributed by atoms with E-state index in [1.54, 1.807) is 24.5 Å². The number of alkyl halides is 3. The van der Waals surface area contributed by atoms with E-state index in [1.165, 1.54) is 24.3 Å². The van der Waals surface area contributed by atoms with Gasteiger partial charge in [0.1, 0.15) is 11.5 Å². The van der Waals surface area contributed by atoms with E-state index in [0.29, 0.717) is 29.5 Å². The summed E-state index contributed by atoms with van der Waals surface area (Å²) >= 11 is 0. The quantitative estimate of drug-likeness (QED) is 0.415. The van der Waals surface area contributed by atoms with Gasteiger partial charge in [-0.3, -0.25) is 9.78 Å². The third kappa shape index (κ3) is 4.58. The van der Waals surface area contributed by atoms with Gasteiger partial charge in [-0.1, -0.05) is 12.1 Å². The van der Waals surface area contributed by atoms with Crippen LogP contribution in [0.5, 0.6) is 0 Å². The molecule has 2 N–H and O–H groups in total. The van der Waals surface area contributed by atoms with E-state index in [2.05, 4.69) is 15.3 Å². The van der Waals surface area contributed by atoms with Crippen LogP contribution in [-0.2, 0) is 22.6 Å². The maximum atomic E-state index is 13.8. The van der Waals surface area contributed by atoms with Gasteiger partial charge >= 0.3 is 6.18 Å². The number of carbonyl (C=O) groups excluding carboxylic acids is 1. The summed E-state index contributed by atoms with van der Waals surface area (Å²) in [5.74, 6) is -2.04. The van der Waals surface area contributed by atoms with Crippen molar-refractivity contribution in [1.29, 1.82) is 0 Å². The van der Waals surface area contributed by atoms with E-state index in [-0.39, 0.29) is 17.3 Å². The zero-order valence-corrected chi connectivity index (χ0v) is 17.5. The predicted molar refractivity (Wildman–Crippen MR) is 111 cm³/mol. The lowest BCUT2D eigenvalue weighted by Gasteiger charge is -2.10. The number of aromatic amines is 1. The molecule has 4 rings (SSSR count). The van der Waals surface area contributed by atoms with Crippen molar-refractivity contribution >= 4 is 26.6 Å². The van der Waals surface area contributed by atoms with Crippen molar-refractivity contribution in [2.45, 2.75) is 22.5 Å². The molecule has 0 unspecified atom stereocenters. The number of amides is 1. The molecule has 11 heteroatoms. The van der Waals surface area contributed by atoms with Gasteiger partial charge in [0.15, 0.2) is 0 Å². The van der Waals surface area contributed by atoms with Gasteiger partial charge in [-0.05, 0) is 48.0 Å². The Kier molecular flexibility index (Phi) is 5.66. The van der Waals surface area contributed by atoms with Crippen LogP contribution in [-0.4, -0.2) is 24.3 Å². The smallest absolute Gasteiger partial charge is 0.350 e. The Balaban J connectivity index is 1.47. The summed E-state index contributed by atoms with van der Waals surface area (Å²) in [6.45, 7) is 0.0989. The van der Waals surface area contributed by atoms with Crippen LogP contribution in [0.15, 0.2) is 76.8 Å². The van der Waals surface area contributed by atoms with Crippen LogP contribution in [0, 0.1) is 5.82 Å².